The molecule has 1 aromatic heterocycles. The van der Waals surface area contributed by atoms with Gasteiger partial charge >= 0.3 is 126 Å². The molecule has 0 atom stereocenters. The van der Waals surface area contributed by atoms with Gasteiger partial charge in [-0.3, -0.25) is 0 Å². The van der Waals surface area contributed by atoms with E-state index in [-0.39, 0.29) is 0 Å². The van der Waals surface area contributed by atoms with Crippen molar-refractivity contribution in [3.8, 4) is 0 Å². The van der Waals surface area contributed by atoms with E-state index in [1.807, 2.05) is 11.3 Å². The molecule has 0 aliphatic heterocycles. The fourth-order valence-electron chi connectivity index (χ4n) is 1.76. The third-order valence-corrected chi connectivity index (χ3v) is 7.68. The molecule has 0 aliphatic carbocycles. The van der Waals surface area contributed by atoms with Gasteiger partial charge in [0.1, 0.15) is 0 Å². The van der Waals surface area contributed by atoms with Crippen LogP contribution in [0.2, 0.25) is 0 Å². The van der Waals surface area contributed by atoms with Crippen LogP contribution in [0.4, 0.5) is 0 Å². The molecule has 0 unspecified atom stereocenters. The van der Waals surface area contributed by atoms with Gasteiger partial charge in [-0.25, -0.2) is 0 Å². The minimum absolute atomic E-state index is 0.464. The summed E-state index contributed by atoms with van der Waals surface area (Å²) in [6.07, 6.45) is 1.13. The van der Waals surface area contributed by atoms with E-state index < -0.39 is 0 Å². The van der Waals surface area contributed by atoms with E-state index in [1.54, 1.807) is 6.17 Å². The molecule has 0 bridgehead atoms. The molecular formula is C13H14RaS. The van der Waals surface area contributed by atoms with Crippen molar-refractivity contribution in [1.29, 1.82) is 0 Å². The van der Waals surface area contributed by atoms with Gasteiger partial charge in [0, 0.05) is 0 Å². The normalized spacial score (nSPS) is 10.5. The summed E-state index contributed by atoms with van der Waals surface area (Å²) in [6.45, 7) is 4.36. The van der Waals surface area contributed by atoms with Crippen LogP contribution in [0, 0.1) is 56.6 Å². The quantitative estimate of drug-likeness (QED) is 0.691. The van der Waals surface area contributed by atoms with Gasteiger partial charge in [-0.05, 0) is 0 Å². The monoisotopic (exact) mass is 428 g/mol. The van der Waals surface area contributed by atoms with Gasteiger partial charge in [-0.2, -0.15) is 0 Å². The Bertz CT molecular complexity index is 471. The maximum absolute atomic E-state index is 2.35. The fourth-order valence-corrected chi connectivity index (χ4v) is 4.68. The maximum atomic E-state index is 2.35. The molecule has 2 aromatic rings. The van der Waals surface area contributed by atoms with E-state index in [0.717, 1.165) is 6.42 Å². The first-order valence-electron chi connectivity index (χ1n) is 5.26. The van der Waals surface area contributed by atoms with Gasteiger partial charge in [0.15, 0.2) is 0 Å². The molecule has 0 fully saturated rings. The van der Waals surface area contributed by atoms with Gasteiger partial charge < -0.3 is 0 Å². The Morgan fingerprint density at radius 1 is 1.13 bits per heavy atom. The predicted molar refractivity (Wildman–Crippen MR) is 64.1 cm³/mol. The summed E-state index contributed by atoms with van der Waals surface area (Å²) >= 11 is 2.39. The fraction of sp³-hybridized carbons (Fsp3) is 0.231. The molecule has 0 amide bonds. The van der Waals surface area contributed by atoms with E-state index in [2.05, 4.69) is 44.2 Å². The number of hydrogen-bond acceptors (Lipinski definition) is 1. The van der Waals surface area contributed by atoms with E-state index in [4.69, 9.17) is 0 Å². The zero-order chi connectivity index (χ0) is 10.8. The van der Waals surface area contributed by atoms with Crippen LogP contribution in [-0.4, -0.2) is 0 Å². The van der Waals surface area contributed by atoms with Crippen molar-refractivity contribution < 1.29 is 42.8 Å². The van der Waals surface area contributed by atoms with Crippen LogP contribution >= 0.6 is 11.3 Å². The van der Waals surface area contributed by atoms with E-state index in [9.17, 15) is 0 Å². The number of benzene rings is 1. The first-order chi connectivity index (χ1) is 7.15. The number of rotatable bonds is 2. The average Bonchev–Trinajstić information content (AvgIpc) is 2.58. The first-order valence-corrected chi connectivity index (χ1v) is 10.2. The van der Waals surface area contributed by atoms with Crippen molar-refractivity contribution in [3.63, 3.8) is 0 Å². The molecule has 0 nitrogen and oxygen atoms in total. The number of aryl methyl sites for hydroxylation is 2. The second kappa shape index (κ2) is 5.14. The van der Waals surface area contributed by atoms with Gasteiger partial charge in [-0.15, -0.1) is 0 Å². The Morgan fingerprint density at radius 3 is 2.60 bits per heavy atom. The third-order valence-electron chi connectivity index (χ3n) is 2.67. The molecule has 1 heterocycles. The first kappa shape index (κ1) is 11.9. The van der Waals surface area contributed by atoms with Gasteiger partial charge in [0.05, 0.1) is 0 Å². The Kier molecular flexibility index (Phi) is 4.07. The summed E-state index contributed by atoms with van der Waals surface area (Å²) in [4.78, 5) is 2.91. The second-order valence-electron chi connectivity index (χ2n) is 4.12. The van der Waals surface area contributed by atoms with Gasteiger partial charge in [0.25, 0.3) is 0 Å². The summed E-state index contributed by atoms with van der Waals surface area (Å²) in [5.41, 5.74) is 2.95. The molecule has 0 saturated heterocycles. The van der Waals surface area contributed by atoms with Crippen molar-refractivity contribution in [2.24, 2.45) is 0 Å². The van der Waals surface area contributed by atoms with Crippen LogP contribution in [0.5, 0.6) is 0 Å². The van der Waals surface area contributed by atoms with Crippen LogP contribution in [0.15, 0.2) is 30.3 Å². The molecule has 2 rings (SSSR count). The summed E-state index contributed by atoms with van der Waals surface area (Å²) in [5.74, 6) is 0. The van der Waals surface area contributed by atoms with E-state index in [0.29, 0.717) is 42.8 Å². The van der Waals surface area contributed by atoms with Crippen LogP contribution in [-0.2, 0) is 6.42 Å². The Morgan fingerprint density at radius 2 is 1.93 bits per heavy atom. The second-order valence-corrected chi connectivity index (χ2v) is 9.92. The molecule has 0 saturated carbocycles. The van der Waals surface area contributed by atoms with Crippen LogP contribution in [0.3, 0.4) is 0 Å². The Hall–Kier alpha value is 0.388. The molecular weight excluding hydrogens is 414 g/mol. The summed E-state index contributed by atoms with van der Waals surface area (Å²) in [5, 5.41) is 0. The molecule has 74 valence electrons. The molecule has 0 radical (unpaired) electrons. The Balaban J connectivity index is 2.27. The third kappa shape index (κ3) is 3.17. The van der Waals surface area contributed by atoms with Crippen molar-refractivity contribution >= 4 is 11.9 Å². The number of hydrogen-bond donors (Lipinski definition) is 0. The van der Waals surface area contributed by atoms with Gasteiger partial charge in [0.2, 0.25) is 0 Å². The average molecular weight is 428 g/mol. The van der Waals surface area contributed by atoms with Crippen molar-refractivity contribution in [2.75, 3.05) is 0 Å². The molecule has 2 heteroatoms. The summed E-state index contributed by atoms with van der Waals surface area (Å²) in [7, 11) is 0. The zero-order valence-electron chi connectivity index (χ0n) is 9.50. The number of thiophene rings is 1. The molecule has 1 aromatic carbocycles. The molecule has 0 aliphatic rings. The van der Waals surface area contributed by atoms with Crippen LogP contribution < -0.4 is 0.604 Å². The van der Waals surface area contributed by atoms with Crippen molar-refractivity contribution in [1.82, 2.24) is 0 Å². The summed E-state index contributed by atoms with van der Waals surface area (Å²) < 4.78 is 1.62. The standard InChI is InChI=1S/C13H13S.Ra.H/c1-10-4-3-5-12(8-10)9-13-7-6-11(2)14-13;;/h3-4,6-8H,9H2,1-2H3;;. The van der Waals surface area contributed by atoms with Crippen molar-refractivity contribution in [3.05, 3.63) is 51.2 Å². The molecule has 0 spiro atoms. The Labute approximate surface area is 124 Å². The van der Waals surface area contributed by atoms with Crippen molar-refractivity contribution in [2.45, 2.75) is 20.3 Å². The summed E-state index contributed by atoms with van der Waals surface area (Å²) in [6, 6.07) is 11.4. The zero-order valence-corrected chi connectivity index (χ0v) is 18.5. The topological polar surface area (TPSA) is 0 Å². The molecule has 0 N–H and O–H groups in total. The van der Waals surface area contributed by atoms with Crippen LogP contribution in [0.25, 0.3) is 0 Å². The predicted octanol–water partition coefficient (Wildman–Crippen LogP) is 2.86. The van der Waals surface area contributed by atoms with Crippen LogP contribution in [0.1, 0.15) is 20.9 Å². The van der Waals surface area contributed by atoms with Gasteiger partial charge in [-0.1, -0.05) is 0 Å². The van der Waals surface area contributed by atoms with E-state index >= 15 is 0 Å². The molecule has 15 heavy (non-hydrogen) atoms. The SMILES string of the molecule is Cc1cc[c]([RaH])c(Cc2ccc(C)s2)c1. The minimum atomic E-state index is 0.464. The van der Waals surface area contributed by atoms with E-state index in [1.165, 1.54) is 15.3 Å².